The Kier molecular flexibility index (Phi) is 12.8. The number of anilines is 1. The van der Waals surface area contributed by atoms with E-state index in [-0.39, 0.29) is 11.9 Å². The summed E-state index contributed by atoms with van der Waals surface area (Å²) in [6.07, 6.45) is 2.74. The van der Waals surface area contributed by atoms with Crippen LogP contribution in [0.15, 0.2) is 42.5 Å². The fourth-order valence-electron chi connectivity index (χ4n) is 3.27. The molecule has 0 aliphatic carbocycles. The number of thioether (sulfide) groups is 1. The molecule has 0 bridgehead atoms. The van der Waals surface area contributed by atoms with Crippen molar-refractivity contribution >= 4 is 42.0 Å². The molecular weight excluding hydrogens is 484 g/mol. The van der Waals surface area contributed by atoms with Crippen LogP contribution in [0.2, 0.25) is 0 Å². The number of hydrogen-bond acceptors (Lipinski definition) is 9. The van der Waals surface area contributed by atoms with Crippen LogP contribution < -0.4 is 21.1 Å². The van der Waals surface area contributed by atoms with Crippen LogP contribution in [-0.4, -0.2) is 66.5 Å². The van der Waals surface area contributed by atoms with Crippen molar-refractivity contribution in [2.45, 2.75) is 44.4 Å². The van der Waals surface area contributed by atoms with Gasteiger partial charge in [-0.1, -0.05) is 43.7 Å². The van der Waals surface area contributed by atoms with Crippen molar-refractivity contribution in [3.63, 3.8) is 0 Å². The van der Waals surface area contributed by atoms with Crippen molar-refractivity contribution in [1.82, 2.24) is 10.3 Å². The average Bonchev–Trinajstić information content (AvgIpc) is 2.89. The normalized spacial score (nSPS) is 13.4. The number of amides is 1. The fourth-order valence-corrected chi connectivity index (χ4v) is 3.87. The van der Waals surface area contributed by atoms with Gasteiger partial charge in [-0.25, -0.2) is 9.78 Å². The number of carbonyl (C=O) groups excluding carboxylic acids is 2. The molecule has 0 fully saturated rings. The third-order valence-electron chi connectivity index (χ3n) is 5.23. The van der Waals surface area contributed by atoms with Crippen LogP contribution in [0, 0.1) is 0 Å². The Morgan fingerprint density at radius 1 is 1.17 bits per heavy atom. The van der Waals surface area contributed by atoms with E-state index in [2.05, 4.69) is 23.3 Å². The second kappa shape index (κ2) is 15.5. The molecule has 192 valence electrons. The van der Waals surface area contributed by atoms with Gasteiger partial charge in [0, 0.05) is 23.9 Å². The smallest absolute Gasteiger partial charge is 0.328 e. The predicted molar refractivity (Wildman–Crippen MR) is 146 cm³/mol. The Morgan fingerprint density at radius 2 is 1.91 bits per heavy atom. The van der Waals surface area contributed by atoms with Gasteiger partial charge < -0.3 is 25.8 Å². The van der Waals surface area contributed by atoms with Crippen LogP contribution in [0.1, 0.15) is 26.2 Å². The van der Waals surface area contributed by atoms with Crippen molar-refractivity contribution < 1.29 is 19.1 Å². The average molecular weight is 521 g/mol. The summed E-state index contributed by atoms with van der Waals surface area (Å²) < 4.78 is 11.1. The number of hydrogen-bond donors (Lipinski definition) is 4. The molecule has 8 nitrogen and oxygen atoms in total. The van der Waals surface area contributed by atoms with E-state index in [1.807, 2.05) is 55.6 Å². The highest BCUT2D eigenvalue weighted by Crippen LogP contribution is 2.28. The maximum absolute atomic E-state index is 13.2. The Hall–Kier alpha value is -2.43. The molecule has 2 rings (SSSR count). The van der Waals surface area contributed by atoms with Crippen LogP contribution in [0.3, 0.4) is 0 Å². The minimum atomic E-state index is -0.834. The maximum Gasteiger partial charge on any atom is 0.328 e. The summed E-state index contributed by atoms with van der Waals surface area (Å²) in [5, 5.41) is 6.06. The summed E-state index contributed by atoms with van der Waals surface area (Å²) in [5.74, 6) is 0.664. The van der Waals surface area contributed by atoms with Crippen LogP contribution in [0.25, 0.3) is 11.3 Å². The Labute approximate surface area is 217 Å². The molecule has 10 heteroatoms. The van der Waals surface area contributed by atoms with Crippen LogP contribution in [0.4, 0.5) is 5.69 Å². The first-order valence-electron chi connectivity index (χ1n) is 11.6. The number of carbonyl (C=O) groups is 2. The molecule has 0 saturated carbocycles. The third-order valence-corrected chi connectivity index (χ3v) is 6.34. The maximum atomic E-state index is 13.2. The molecule has 4 N–H and O–H groups in total. The lowest BCUT2D eigenvalue weighted by atomic mass is 10.1. The Balaban J connectivity index is 2.32. The molecule has 0 saturated heterocycles. The molecule has 3 atom stereocenters. The number of methoxy groups -OCH3 is 1. The number of thiol groups is 1. The first kappa shape index (κ1) is 28.8. The zero-order chi connectivity index (χ0) is 25.6. The molecule has 1 amide bonds. The molecule has 35 heavy (non-hydrogen) atoms. The van der Waals surface area contributed by atoms with Gasteiger partial charge in [0.15, 0.2) is 6.10 Å². The van der Waals surface area contributed by atoms with E-state index in [4.69, 9.17) is 20.2 Å². The van der Waals surface area contributed by atoms with E-state index >= 15 is 0 Å². The van der Waals surface area contributed by atoms with E-state index in [0.29, 0.717) is 54.6 Å². The van der Waals surface area contributed by atoms with E-state index in [9.17, 15) is 9.59 Å². The zero-order valence-electron chi connectivity index (χ0n) is 20.5. The summed E-state index contributed by atoms with van der Waals surface area (Å²) >= 11 is 5.83. The van der Waals surface area contributed by atoms with Crippen LogP contribution >= 0.6 is 24.4 Å². The molecule has 1 heterocycles. The predicted octanol–water partition coefficient (Wildman–Crippen LogP) is 3.38. The molecular formula is C25H36N4O4S2. The largest absolute Gasteiger partial charge is 0.467 e. The first-order valence-corrected chi connectivity index (χ1v) is 13.7. The summed E-state index contributed by atoms with van der Waals surface area (Å²) in [6.45, 7) is 2.43. The van der Waals surface area contributed by atoms with Gasteiger partial charge in [-0.15, -0.1) is 0 Å². The molecule has 1 aromatic carbocycles. The van der Waals surface area contributed by atoms with Gasteiger partial charge >= 0.3 is 5.97 Å². The van der Waals surface area contributed by atoms with Crippen molar-refractivity contribution in [1.29, 1.82) is 0 Å². The van der Waals surface area contributed by atoms with E-state index in [1.54, 1.807) is 11.8 Å². The number of ether oxygens (including phenoxy) is 2. The van der Waals surface area contributed by atoms with E-state index in [0.717, 1.165) is 5.56 Å². The lowest BCUT2D eigenvalue weighted by Gasteiger charge is -2.23. The number of benzene rings is 1. The molecule has 1 aromatic heterocycles. The van der Waals surface area contributed by atoms with Gasteiger partial charge in [0.25, 0.3) is 5.91 Å². The Bertz CT molecular complexity index is 933. The summed E-state index contributed by atoms with van der Waals surface area (Å²) in [5.41, 5.74) is 8.28. The molecule has 0 spiro atoms. The second-order valence-corrected chi connectivity index (χ2v) is 9.35. The molecule has 0 radical (unpaired) electrons. The van der Waals surface area contributed by atoms with Gasteiger partial charge in [-0.2, -0.15) is 24.4 Å². The van der Waals surface area contributed by atoms with E-state index < -0.39 is 18.1 Å². The van der Waals surface area contributed by atoms with Gasteiger partial charge in [0.1, 0.15) is 6.04 Å². The second-order valence-electron chi connectivity index (χ2n) is 8.00. The van der Waals surface area contributed by atoms with Gasteiger partial charge in [0.2, 0.25) is 5.88 Å². The standard InChI is InChI=1S/C25H36N4O4S2/c1-4-8-22(23(30)28-21(13-14-35-3)25(31)32-2)33-24-20(27-15-18(26)16-34)12-11-19(29-24)17-9-6-5-7-10-17/h5-7,9-12,18,21-22,27,34H,4,8,13-16,26H2,1-3H3,(H,28,30). The van der Waals surface area contributed by atoms with Crippen molar-refractivity contribution in [2.24, 2.45) is 5.73 Å². The number of rotatable bonds is 15. The SMILES string of the molecule is CCCC(Oc1nc(-c2ccccc2)ccc1NCC(N)CS)C(=O)NC(CCSC)C(=O)OC. The van der Waals surface area contributed by atoms with Gasteiger partial charge in [0.05, 0.1) is 18.5 Å². The van der Waals surface area contributed by atoms with Crippen molar-refractivity contribution in [3.05, 3.63) is 42.5 Å². The lowest BCUT2D eigenvalue weighted by molar-refractivity contribution is -0.146. The van der Waals surface area contributed by atoms with Crippen molar-refractivity contribution in [3.8, 4) is 17.1 Å². The van der Waals surface area contributed by atoms with Crippen LogP contribution in [-0.2, 0) is 14.3 Å². The highest BCUT2D eigenvalue weighted by Gasteiger charge is 2.28. The number of nitrogens with two attached hydrogens (primary N) is 1. The summed E-state index contributed by atoms with van der Waals surface area (Å²) in [6, 6.07) is 12.6. The third kappa shape index (κ3) is 9.27. The van der Waals surface area contributed by atoms with Crippen LogP contribution in [0.5, 0.6) is 5.88 Å². The number of aromatic nitrogens is 1. The monoisotopic (exact) mass is 520 g/mol. The Morgan fingerprint density at radius 3 is 2.54 bits per heavy atom. The van der Waals surface area contributed by atoms with Gasteiger partial charge in [-0.05, 0) is 37.0 Å². The summed E-state index contributed by atoms with van der Waals surface area (Å²) in [4.78, 5) is 30.1. The molecule has 2 aromatic rings. The number of pyridine rings is 1. The topological polar surface area (TPSA) is 116 Å². The highest BCUT2D eigenvalue weighted by atomic mass is 32.2. The minimum absolute atomic E-state index is 0.160. The summed E-state index contributed by atoms with van der Waals surface area (Å²) in [7, 11) is 1.31. The van der Waals surface area contributed by atoms with Gasteiger partial charge in [-0.3, -0.25) is 4.79 Å². The number of nitrogens with zero attached hydrogens (tertiary/aromatic N) is 1. The number of nitrogens with one attached hydrogen (secondary N) is 2. The molecule has 3 unspecified atom stereocenters. The number of esters is 1. The minimum Gasteiger partial charge on any atom is -0.467 e. The fraction of sp³-hybridized carbons (Fsp3) is 0.480. The highest BCUT2D eigenvalue weighted by molar-refractivity contribution is 7.98. The van der Waals surface area contributed by atoms with E-state index in [1.165, 1.54) is 7.11 Å². The molecule has 0 aliphatic rings. The van der Waals surface area contributed by atoms with Crippen molar-refractivity contribution in [2.75, 3.05) is 36.7 Å². The quantitative estimate of drug-likeness (QED) is 0.209. The lowest BCUT2D eigenvalue weighted by Crippen LogP contribution is -2.48. The molecule has 0 aliphatic heterocycles. The zero-order valence-corrected chi connectivity index (χ0v) is 22.2. The first-order chi connectivity index (χ1) is 16.9.